The first kappa shape index (κ1) is 11.2. The number of hydrogen-bond acceptors (Lipinski definition) is 4. The lowest BCUT2D eigenvalue weighted by atomic mass is 10.2. The summed E-state index contributed by atoms with van der Waals surface area (Å²) in [7, 11) is 0. The zero-order valence-corrected chi connectivity index (χ0v) is 9.59. The molecule has 2 rings (SSSR count). The molecule has 1 aromatic rings. The number of benzene rings is 1. The first-order valence-corrected chi connectivity index (χ1v) is 5.41. The standard InChI is InChI=1S/C11H13NO3S/c12-11(16)3-4-13-6-8-1-2-9-10(5-8)15-7-14-9/h1-2,5H,3-4,6-7H2,(H2,12,16). The Morgan fingerprint density at radius 3 is 3.00 bits per heavy atom. The Morgan fingerprint density at radius 1 is 1.38 bits per heavy atom. The molecule has 0 fully saturated rings. The fourth-order valence-corrected chi connectivity index (χ4v) is 1.48. The van der Waals surface area contributed by atoms with Gasteiger partial charge in [0.05, 0.1) is 18.2 Å². The maximum atomic E-state index is 5.43. The van der Waals surface area contributed by atoms with Crippen molar-refractivity contribution >= 4 is 17.2 Å². The predicted octanol–water partition coefficient (Wildman–Crippen LogP) is 1.61. The van der Waals surface area contributed by atoms with Crippen molar-refractivity contribution in [2.45, 2.75) is 13.0 Å². The zero-order valence-electron chi connectivity index (χ0n) is 8.77. The van der Waals surface area contributed by atoms with E-state index in [0.29, 0.717) is 31.4 Å². The summed E-state index contributed by atoms with van der Waals surface area (Å²) in [6, 6.07) is 5.76. The third kappa shape index (κ3) is 2.84. The Labute approximate surface area is 99.3 Å². The van der Waals surface area contributed by atoms with Crippen LogP contribution in [-0.4, -0.2) is 18.4 Å². The smallest absolute Gasteiger partial charge is 0.231 e. The van der Waals surface area contributed by atoms with Gasteiger partial charge in [-0.2, -0.15) is 0 Å². The van der Waals surface area contributed by atoms with Crippen LogP contribution in [0.5, 0.6) is 11.5 Å². The van der Waals surface area contributed by atoms with Crippen LogP contribution in [0.3, 0.4) is 0 Å². The van der Waals surface area contributed by atoms with E-state index in [1.165, 1.54) is 0 Å². The van der Waals surface area contributed by atoms with Crippen LogP contribution in [0.15, 0.2) is 18.2 Å². The van der Waals surface area contributed by atoms with Gasteiger partial charge in [0.2, 0.25) is 6.79 Å². The molecule has 0 spiro atoms. The maximum Gasteiger partial charge on any atom is 0.231 e. The summed E-state index contributed by atoms with van der Waals surface area (Å²) < 4.78 is 15.9. The van der Waals surface area contributed by atoms with Crippen molar-refractivity contribution in [2.24, 2.45) is 5.73 Å². The predicted molar refractivity (Wildman–Crippen MR) is 63.6 cm³/mol. The summed E-state index contributed by atoms with van der Waals surface area (Å²) in [6.07, 6.45) is 0.611. The summed E-state index contributed by atoms with van der Waals surface area (Å²) >= 11 is 4.75. The van der Waals surface area contributed by atoms with Crippen LogP contribution in [0, 0.1) is 0 Å². The van der Waals surface area contributed by atoms with E-state index in [9.17, 15) is 0 Å². The van der Waals surface area contributed by atoms with Gasteiger partial charge in [0.25, 0.3) is 0 Å². The molecule has 86 valence electrons. The van der Waals surface area contributed by atoms with Crippen LogP contribution in [-0.2, 0) is 11.3 Å². The van der Waals surface area contributed by atoms with Crippen molar-refractivity contribution < 1.29 is 14.2 Å². The molecule has 0 radical (unpaired) electrons. The van der Waals surface area contributed by atoms with Crippen molar-refractivity contribution in [1.82, 2.24) is 0 Å². The molecule has 0 atom stereocenters. The van der Waals surface area contributed by atoms with E-state index < -0.39 is 0 Å². The summed E-state index contributed by atoms with van der Waals surface area (Å²) in [5, 5.41) is 0. The van der Waals surface area contributed by atoms with Crippen LogP contribution in [0.25, 0.3) is 0 Å². The third-order valence-electron chi connectivity index (χ3n) is 2.20. The number of rotatable bonds is 5. The fourth-order valence-electron chi connectivity index (χ4n) is 1.39. The second kappa shape index (κ2) is 5.14. The van der Waals surface area contributed by atoms with Crippen molar-refractivity contribution in [2.75, 3.05) is 13.4 Å². The van der Waals surface area contributed by atoms with Gasteiger partial charge in [-0.25, -0.2) is 0 Å². The molecule has 0 saturated heterocycles. The van der Waals surface area contributed by atoms with Crippen LogP contribution < -0.4 is 15.2 Å². The number of hydrogen-bond donors (Lipinski definition) is 1. The van der Waals surface area contributed by atoms with Crippen LogP contribution in [0.2, 0.25) is 0 Å². The van der Waals surface area contributed by atoms with Gasteiger partial charge in [0.15, 0.2) is 11.5 Å². The molecule has 16 heavy (non-hydrogen) atoms. The number of ether oxygens (including phenoxy) is 3. The summed E-state index contributed by atoms with van der Waals surface area (Å²) in [6.45, 7) is 1.37. The molecule has 1 aliphatic rings. The minimum absolute atomic E-state index is 0.293. The Balaban J connectivity index is 1.83. The molecule has 0 saturated carbocycles. The average Bonchev–Trinajstić information content (AvgIpc) is 2.71. The van der Waals surface area contributed by atoms with Crippen molar-refractivity contribution in [3.05, 3.63) is 23.8 Å². The van der Waals surface area contributed by atoms with E-state index in [-0.39, 0.29) is 0 Å². The molecular formula is C11H13NO3S. The van der Waals surface area contributed by atoms with Gasteiger partial charge in [-0.15, -0.1) is 0 Å². The maximum absolute atomic E-state index is 5.43. The highest BCUT2D eigenvalue weighted by molar-refractivity contribution is 7.80. The first-order chi connectivity index (χ1) is 7.75. The Bertz CT molecular complexity index is 395. The molecule has 1 aromatic carbocycles. The summed E-state index contributed by atoms with van der Waals surface area (Å²) in [5.74, 6) is 1.56. The molecule has 4 nitrogen and oxygen atoms in total. The van der Waals surface area contributed by atoms with E-state index in [1.807, 2.05) is 18.2 Å². The van der Waals surface area contributed by atoms with Crippen molar-refractivity contribution in [3.63, 3.8) is 0 Å². The van der Waals surface area contributed by atoms with Crippen LogP contribution in [0.1, 0.15) is 12.0 Å². The second-order valence-electron chi connectivity index (χ2n) is 3.46. The molecule has 0 bridgehead atoms. The summed E-state index contributed by atoms with van der Waals surface area (Å²) in [4.78, 5) is 0.477. The highest BCUT2D eigenvalue weighted by Crippen LogP contribution is 2.32. The topological polar surface area (TPSA) is 53.7 Å². The van der Waals surface area contributed by atoms with Crippen molar-refractivity contribution in [1.29, 1.82) is 0 Å². The number of nitrogens with two attached hydrogens (primary N) is 1. The molecule has 1 aliphatic heterocycles. The third-order valence-corrected chi connectivity index (χ3v) is 2.40. The zero-order chi connectivity index (χ0) is 11.4. The SMILES string of the molecule is NC(=S)CCOCc1ccc2c(c1)OCO2. The Morgan fingerprint density at radius 2 is 2.19 bits per heavy atom. The van der Waals surface area contributed by atoms with Gasteiger partial charge >= 0.3 is 0 Å². The minimum Gasteiger partial charge on any atom is -0.454 e. The largest absolute Gasteiger partial charge is 0.454 e. The van der Waals surface area contributed by atoms with E-state index in [1.54, 1.807) is 0 Å². The lowest BCUT2D eigenvalue weighted by molar-refractivity contribution is 0.127. The highest BCUT2D eigenvalue weighted by Gasteiger charge is 2.12. The number of thiocarbonyl (C=S) groups is 1. The minimum atomic E-state index is 0.293. The van der Waals surface area contributed by atoms with Gasteiger partial charge in [-0.05, 0) is 17.7 Å². The van der Waals surface area contributed by atoms with E-state index in [4.69, 9.17) is 32.2 Å². The molecule has 2 N–H and O–H groups in total. The lowest BCUT2D eigenvalue weighted by Gasteiger charge is -2.04. The molecule has 0 aliphatic carbocycles. The quantitative estimate of drug-likeness (QED) is 0.625. The van der Waals surface area contributed by atoms with E-state index in [0.717, 1.165) is 17.1 Å². The molecule has 0 unspecified atom stereocenters. The molecule has 0 aromatic heterocycles. The first-order valence-electron chi connectivity index (χ1n) is 5.00. The molecule has 1 heterocycles. The highest BCUT2D eigenvalue weighted by atomic mass is 32.1. The Hall–Kier alpha value is -1.33. The lowest BCUT2D eigenvalue weighted by Crippen LogP contribution is -2.11. The normalized spacial score (nSPS) is 12.8. The Kier molecular flexibility index (Phi) is 3.58. The van der Waals surface area contributed by atoms with Crippen LogP contribution in [0.4, 0.5) is 0 Å². The van der Waals surface area contributed by atoms with Gasteiger partial charge in [0, 0.05) is 6.42 Å². The monoisotopic (exact) mass is 239 g/mol. The van der Waals surface area contributed by atoms with Gasteiger partial charge < -0.3 is 19.9 Å². The second-order valence-corrected chi connectivity index (χ2v) is 3.98. The van der Waals surface area contributed by atoms with Gasteiger partial charge in [-0.1, -0.05) is 18.3 Å². The van der Waals surface area contributed by atoms with E-state index in [2.05, 4.69) is 0 Å². The van der Waals surface area contributed by atoms with E-state index >= 15 is 0 Å². The van der Waals surface area contributed by atoms with Crippen LogP contribution >= 0.6 is 12.2 Å². The molecule has 0 amide bonds. The fraction of sp³-hybridized carbons (Fsp3) is 0.364. The van der Waals surface area contributed by atoms with Crippen molar-refractivity contribution in [3.8, 4) is 11.5 Å². The van der Waals surface area contributed by atoms with Gasteiger partial charge in [0.1, 0.15) is 0 Å². The van der Waals surface area contributed by atoms with Gasteiger partial charge in [-0.3, -0.25) is 0 Å². The molecule has 5 heteroatoms. The summed E-state index contributed by atoms with van der Waals surface area (Å²) in [5.41, 5.74) is 6.41. The average molecular weight is 239 g/mol. The number of fused-ring (bicyclic) bond motifs is 1. The molecular weight excluding hydrogens is 226 g/mol.